The SMILES string of the molecule is COCCOCC1CCN(C(=NCC(=O)N(C)C)NC2CC3CCC2C3)C1. The van der Waals surface area contributed by atoms with Crippen LogP contribution in [-0.2, 0) is 14.3 Å². The number of carbonyl (C=O) groups excluding carboxylic acids is 1. The van der Waals surface area contributed by atoms with Crippen molar-refractivity contribution in [2.75, 3.05) is 60.7 Å². The van der Waals surface area contributed by atoms with Gasteiger partial charge in [0.15, 0.2) is 5.96 Å². The molecule has 0 aromatic carbocycles. The summed E-state index contributed by atoms with van der Waals surface area (Å²) in [6, 6.07) is 0.522. The number of amides is 1. The van der Waals surface area contributed by atoms with Gasteiger partial charge < -0.3 is 24.6 Å². The summed E-state index contributed by atoms with van der Waals surface area (Å²) in [5.74, 6) is 3.14. The molecule has 1 aliphatic heterocycles. The Balaban J connectivity index is 1.56. The van der Waals surface area contributed by atoms with Crippen LogP contribution in [0.1, 0.15) is 32.1 Å². The van der Waals surface area contributed by atoms with E-state index in [4.69, 9.17) is 14.5 Å². The average molecular weight is 381 g/mol. The van der Waals surface area contributed by atoms with E-state index in [0.29, 0.717) is 25.2 Å². The lowest BCUT2D eigenvalue weighted by molar-refractivity contribution is -0.127. The Kier molecular flexibility index (Phi) is 7.35. The summed E-state index contributed by atoms with van der Waals surface area (Å²) in [7, 11) is 5.26. The first-order valence-corrected chi connectivity index (χ1v) is 10.4. The van der Waals surface area contributed by atoms with Gasteiger partial charge in [0, 0.05) is 46.3 Å². The zero-order valence-electron chi connectivity index (χ0n) is 17.2. The van der Waals surface area contributed by atoms with E-state index >= 15 is 0 Å². The third-order valence-corrected chi connectivity index (χ3v) is 6.29. The Labute approximate surface area is 163 Å². The number of aliphatic imine (C=N–C) groups is 1. The topological polar surface area (TPSA) is 66.4 Å². The van der Waals surface area contributed by atoms with E-state index in [-0.39, 0.29) is 12.5 Å². The molecule has 1 N–H and O–H groups in total. The maximum Gasteiger partial charge on any atom is 0.243 e. The van der Waals surface area contributed by atoms with Crippen molar-refractivity contribution in [3.8, 4) is 0 Å². The molecule has 2 saturated carbocycles. The number of carbonyl (C=O) groups is 1. The van der Waals surface area contributed by atoms with Gasteiger partial charge in [-0.3, -0.25) is 4.79 Å². The number of hydrogen-bond acceptors (Lipinski definition) is 4. The molecule has 0 aromatic rings. The lowest BCUT2D eigenvalue weighted by Gasteiger charge is -2.29. The van der Waals surface area contributed by atoms with Gasteiger partial charge in [0.2, 0.25) is 5.91 Å². The van der Waals surface area contributed by atoms with Crippen molar-refractivity contribution in [3.05, 3.63) is 0 Å². The summed E-state index contributed by atoms with van der Waals surface area (Å²) in [5, 5.41) is 3.72. The molecule has 0 aromatic heterocycles. The maximum atomic E-state index is 12.0. The van der Waals surface area contributed by atoms with Crippen molar-refractivity contribution >= 4 is 11.9 Å². The maximum absolute atomic E-state index is 12.0. The predicted molar refractivity (Wildman–Crippen MR) is 106 cm³/mol. The number of ether oxygens (including phenoxy) is 2. The summed E-state index contributed by atoms with van der Waals surface area (Å²) < 4.78 is 10.8. The molecule has 4 unspecified atom stereocenters. The average Bonchev–Trinajstić information content (AvgIpc) is 3.38. The third-order valence-electron chi connectivity index (χ3n) is 6.29. The minimum absolute atomic E-state index is 0.0425. The number of fused-ring (bicyclic) bond motifs is 2. The molecule has 27 heavy (non-hydrogen) atoms. The van der Waals surface area contributed by atoms with E-state index in [1.807, 2.05) is 0 Å². The van der Waals surface area contributed by atoms with Crippen molar-refractivity contribution in [1.29, 1.82) is 0 Å². The van der Waals surface area contributed by atoms with Gasteiger partial charge in [0.05, 0.1) is 19.8 Å². The van der Waals surface area contributed by atoms with Crippen LogP contribution in [0, 0.1) is 17.8 Å². The molecule has 3 aliphatic rings. The smallest absolute Gasteiger partial charge is 0.243 e. The molecule has 2 bridgehead atoms. The van der Waals surface area contributed by atoms with Gasteiger partial charge in [-0.1, -0.05) is 6.42 Å². The van der Waals surface area contributed by atoms with Crippen molar-refractivity contribution in [2.45, 2.75) is 38.1 Å². The van der Waals surface area contributed by atoms with Crippen molar-refractivity contribution in [1.82, 2.24) is 15.1 Å². The van der Waals surface area contributed by atoms with Crippen LogP contribution < -0.4 is 5.32 Å². The number of rotatable bonds is 8. The molecule has 4 atom stereocenters. The molecular formula is C20H36N4O3. The normalized spacial score (nSPS) is 30.2. The molecule has 0 spiro atoms. The number of nitrogens with one attached hydrogen (secondary N) is 1. The van der Waals surface area contributed by atoms with Gasteiger partial charge >= 0.3 is 0 Å². The first-order valence-electron chi connectivity index (χ1n) is 10.4. The van der Waals surface area contributed by atoms with E-state index < -0.39 is 0 Å². The van der Waals surface area contributed by atoms with Crippen molar-refractivity contribution in [3.63, 3.8) is 0 Å². The largest absolute Gasteiger partial charge is 0.382 e. The Morgan fingerprint density at radius 3 is 2.74 bits per heavy atom. The molecule has 7 heteroatoms. The monoisotopic (exact) mass is 380 g/mol. The summed E-state index contributed by atoms with van der Waals surface area (Å²) in [6.07, 6.45) is 6.44. The number of nitrogens with zero attached hydrogens (tertiary/aromatic N) is 3. The van der Waals surface area contributed by atoms with Gasteiger partial charge in [0.1, 0.15) is 6.54 Å². The minimum Gasteiger partial charge on any atom is -0.382 e. The molecule has 1 amide bonds. The second kappa shape index (κ2) is 9.73. The number of hydrogen-bond donors (Lipinski definition) is 1. The first kappa shape index (κ1) is 20.4. The van der Waals surface area contributed by atoms with Crippen LogP contribution in [0.15, 0.2) is 4.99 Å². The van der Waals surface area contributed by atoms with E-state index in [1.54, 1.807) is 26.1 Å². The van der Waals surface area contributed by atoms with Gasteiger partial charge in [-0.15, -0.1) is 0 Å². The van der Waals surface area contributed by atoms with E-state index in [0.717, 1.165) is 43.9 Å². The van der Waals surface area contributed by atoms with E-state index in [9.17, 15) is 4.79 Å². The number of methoxy groups -OCH3 is 1. The van der Waals surface area contributed by atoms with Crippen LogP contribution in [0.2, 0.25) is 0 Å². The summed E-state index contributed by atoms with van der Waals surface area (Å²) in [5.41, 5.74) is 0. The standard InChI is InChI=1S/C20H36N4O3/c1-23(2)19(25)12-21-20(22-18-11-15-4-5-17(18)10-15)24-7-6-16(13-24)14-27-9-8-26-3/h15-18H,4-14H2,1-3H3,(H,21,22). The quantitative estimate of drug-likeness (QED) is 0.389. The summed E-state index contributed by atoms with van der Waals surface area (Å²) in [4.78, 5) is 20.7. The summed E-state index contributed by atoms with van der Waals surface area (Å²) in [6.45, 7) is 4.17. The molecule has 3 fully saturated rings. The molecule has 2 aliphatic carbocycles. The van der Waals surface area contributed by atoms with Crippen LogP contribution in [0.25, 0.3) is 0 Å². The number of likely N-dealkylation sites (N-methyl/N-ethyl adjacent to an activating group) is 1. The number of guanidine groups is 1. The fourth-order valence-corrected chi connectivity index (χ4v) is 4.66. The summed E-state index contributed by atoms with van der Waals surface area (Å²) >= 11 is 0. The van der Waals surface area contributed by atoms with E-state index in [1.165, 1.54) is 25.7 Å². The highest BCUT2D eigenvalue weighted by atomic mass is 16.5. The fourth-order valence-electron chi connectivity index (χ4n) is 4.66. The van der Waals surface area contributed by atoms with Crippen LogP contribution in [0.4, 0.5) is 0 Å². The second-order valence-electron chi connectivity index (χ2n) is 8.52. The lowest BCUT2D eigenvalue weighted by atomic mass is 9.95. The molecule has 3 rings (SSSR count). The van der Waals surface area contributed by atoms with Gasteiger partial charge in [0.25, 0.3) is 0 Å². The highest BCUT2D eigenvalue weighted by Crippen LogP contribution is 2.44. The van der Waals surface area contributed by atoms with Gasteiger partial charge in [-0.25, -0.2) is 4.99 Å². The molecule has 7 nitrogen and oxygen atoms in total. The molecular weight excluding hydrogens is 344 g/mol. The third kappa shape index (κ3) is 5.57. The van der Waals surface area contributed by atoms with Crippen LogP contribution >= 0.6 is 0 Å². The lowest BCUT2D eigenvalue weighted by Crippen LogP contribution is -2.47. The highest BCUT2D eigenvalue weighted by molar-refractivity contribution is 5.85. The molecule has 1 heterocycles. The zero-order chi connectivity index (χ0) is 19.2. The Hall–Kier alpha value is -1.34. The minimum atomic E-state index is 0.0425. The zero-order valence-corrected chi connectivity index (χ0v) is 17.2. The molecule has 1 saturated heterocycles. The van der Waals surface area contributed by atoms with E-state index in [2.05, 4.69) is 10.2 Å². The second-order valence-corrected chi connectivity index (χ2v) is 8.52. The highest BCUT2D eigenvalue weighted by Gasteiger charge is 2.40. The van der Waals surface area contributed by atoms with Gasteiger partial charge in [-0.05, 0) is 37.5 Å². The van der Waals surface area contributed by atoms with Crippen LogP contribution in [0.3, 0.4) is 0 Å². The van der Waals surface area contributed by atoms with Crippen molar-refractivity contribution in [2.24, 2.45) is 22.7 Å². The van der Waals surface area contributed by atoms with Crippen LogP contribution in [-0.4, -0.2) is 88.4 Å². The Bertz CT molecular complexity index is 525. The Morgan fingerprint density at radius 2 is 2.07 bits per heavy atom. The van der Waals surface area contributed by atoms with Crippen LogP contribution in [0.5, 0.6) is 0 Å². The molecule has 0 radical (unpaired) electrons. The van der Waals surface area contributed by atoms with Crippen molar-refractivity contribution < 1.29 is 14.3 Å². The Morgan fingerprint density at radius 1 is 1.22 bits per heavy atom. The number of likely N-dealkylation sites (tertiary alicyclic amines) is 1. The molecule has 154 valence electrons. The first-order chi connectivity index (χ1) is 13.1. The predicted octanol–water partition coefficient (Wildman–Crippen LogP) is 1.19. The van der Waals surface area contributed by atoms with Gasteiger partial charge in [-0.2, -0.15) is 0 Å². The fraction of sp³-hybridized carbons (Fsp3) is 0.900.